The predicted octanol–water partition coefficient (Wildman–Crippen LogP) is 3.91. The molecule has 1 aliphatic heterocycles. The van der Waals surface area contributed by atoms with Crippen molar-refractivity contribution in [1.82, 2.24) is 9.88 Å². The third-order valence-electron chi connectivity index (χ3n) is 6.03. The van der Waals surface area contributed by atoms with E-state index in [0.717, 1.165) is 5.69 Å². The predicted molar refractivity (Wildman–Crippen MR) is 119 cm³/mol. The molecule has 32 heavy (non-hydrogen) atoms. The number of ether oxygens (including phenoxy) is 1. The second kappa shape index (κ2) is 8.98. The first-order valence-corrected chi connectivity index (χ1v) is 10.5. The Hall–Kier alpha value is -3.42. The van der Waals surface area contributed by atoms with E-state index in [2.05, 4.69) is 0 Å². The number of amides is 2. The van der Waals surface area contributed by atoms with Gasteiger partial charge in [0.05, 0.1) is 23.9 Å². The molecular weight excluding hydrogens is 410 g/mol. The fourth-order valence-corrected chi connectivity index (χ4v) is 4.29. The maximum atomic E-state index is 12.0. The number of carbonyl (C=O) groups is 3. The average molecular weight is 440 g/mol. The van der Waals surface area contributed by atoms with Crippen LogP contribution in [0.4, 0.5) is 4.79 Å². The van der Waals surface area contributed by atoms with Gasteiger partial charge in [-0.25, -0.2) is 9.59 Å². The molecule has 2 aromatic rings. The van der Waals surface area contributed by atoms with Gasteiger partial charge in [-0.2, -0.15) is 0 Å². The van der Waals surface area contributed by atoms with Gasteiger partial charge in [0.15, 0.2) is 0 Å². The molecule has 2 amide bonds. The lowest BCUT2D eigenvalue weighted by Crippen LogP contribution is -2.51. The molecule has 0 bridgehead atoms. The first-order valence-electron chi connectivity index (χ1n) is 10.5. The maximum Gasteiger partial charge on any atom is 0.407 e. The molecule has 1 fully saturated rings. The van der Waals surface area contributed by atoms with Gasteiger partial charge >= 0.3 is 12.1 Å². The number of rotatable bonds is 4. The van der Waals surface area contributed by atoms with Crippen molar-refractivity contribution >= 4 is 18.0 Å². The maximum absolute atomic E-state index is 12.0. The fraction of sp³-hybridized carbons (Fsp3) is 0.417. The van der Waals surface area contributed by atoms with Crippen molar-refractivity contribution < 1.29 is 24.2 Å². The van der Waals surface area contributed by atoms with Gasteiger partial charge in [-0.3, -0.25) is 9.78 Å². The number of carboxylic acid groups (broad SMARTS) is 1. The Labute approximate surface area is 187 Å². The summed E-state index contributed by atoms with van der Waals surface area (Å²) in [6, 6.07) is 9.95. The molecule has 1 aromatic carbocycles. The molecule has 2 unspecified atom stereocenters. The Morgan fingerprint density at radius 2 is 1.78 bits per heavy atom. The minimum absolute atomic E-state index is 0.0462. The summed E-state index contributed by atoms with van der Waals surface area (Å²) < 4.78 is 4.73. The molecule has 1 saturated heterocycles. The molecule has 0 radical (unpaired) electrons. The van der Waals surface area contributed by atoms with Crippen LogP contribution in [0.25, 0.3) is 11.3 Å². The van der Waals surface area contributed by atoms with Gasteiger partial charge in [0.2, 0.25) is 0 Å². The molecule has 2 heterocycles. The standard InChI is InChI=1S/C24H29N3O5/c1-24(2,3)19-13-16(11-12-27(19)23(30)31)18-10-9-17(21(25)28)20(26-18)14-5-7-15(8-6-14)22(29)32-4/h5-10,16,19H,11-13H2,1-4H3,(H2,25,28)(H,30,31). The summed E-state index contributed by atoms with van der Waals surface area (Å²) in [4.78, 5) is 41.8. The van der Waals surface area contributed by atoms with Crippen LogP contribution in [0.5, 0.6) is 0 Å². The number of aromatic nitrogens is 1. The molecule has 8 heteroatoms. The van der Waals surface area contributed by atoms with Crippen LogP contribution in [0, 0.1) is 5.41 Å². The Morgan fingerprint density at radius 1 is 1.12 bits per heavy atom. The molecule has 0 spiro atoms. The first kappa shape index (κ1) is 23.2. The summed E-state index contributed by atoms with van der Waals surface area (Å²) in [6.07, 6.45) is 0.369. The van der Waals surface area contributed by atoms with Crippen molar-refractivity contribution in [2.75, 3.05) is 13.7 Å². The number of nitrogens with two attached hydrogens (primary N) is 1. The van der Waals surface area contributed by atoms with E-state index in [1.807, 2.05) is 20.8 Å². The van der Waals surface area contributed by atoms with Crippen LogP contribution < -0.4 is 5.73 Å². The number of hydrogen-bond acceptors (Lipinski definition) is 5. The van der Waals surface area contributed by atoms with Crippen LogP contribution in [-0.2, 0) is 4.74 Å². The number of piperidine rings is 1. The summed E-state index contributed by atoms with van der Waals surface area (Å²) in [5.41, 5.74) is 7.93. The van der Waals surface area contributed by atoms with Crippen molar-refractivity contribution in [3.8, 4) is 11.3 Å². The normalized spacial score (nSPS) is 18.8. The number of nitrogens with zero attached hydrogens (tertiary/aromatic N) is 2. The molecule has 3 rings (SSSR count). The third-order valence-corrected chi connectivity index (χ3v) is 6.03. The van der Waals surface area contributed by atoms with Crippen molar-refractivity contribution in [3.05, 3.63) is 53.2 Å². The second-order valence-electron chi connectivity index (χ2n) is 9.14. The average Bonchev–Trinajstić information content (AvgIpc) is 2.77. The summed E-state index contributed by atoms with van der Waals surface area (Å²) in [5, 5.41) is 9.62. The highest BCUT2D eigenvalue weighted by molar-refractivity contribution is 5.99. The van der Waals surface area contributed by atoms with E-state index in [1.165, 1.54) is 12.0 Å². The quantitative estimate of drug-likeness (QED) is 0.697. The van der Waals surface area contributed by atoms with Gasteiger partial charge in [-0.1, -0.05) is 32.9 Å². The van der Waals surface area contributed by atoms with E-state index in [4.69, 9.17) is 15.5 Å². The van der Waals surface area contributed by atoms with Crippen molar-refractivity contribution in [1.29, 1.82) is 0 Å². The van der Waals surface area contributed by atoms with Crippen molar-refractivity contribution in [2.24, 2.45) is 11.1 Å². The van der Waals surface area contributed by atoms with Gasteiger partial charge < -0.3 is 20.5 Å². The highest BCUT2D eigenvalue weighted by Gasteiger charge is 2.39. The molecule has 0 aliphatic carbocycles. The van der Waals surface area contributed by atoms with Crippen LogP contribution >= 0.6 is 0 Å². The lowest BCUT2D eigenvalue weighted by atomic mass is 9.76. The number of benzene rings is 1. The molecule has 2 atom stereocenters. The van der Waals surface area contributed by atoms with E-state index >= 15 is 0 Å². The molecule has 1 aliphatic rings. The van der Waals surface area contributed by atoms with Crippen LogP contribution in [0.1, 0.15) is 65.9 Å². The monoisotopic (exact) mass is 439 g/mol. The molecule has 170 valence electrons. The van der Waals surface area contributed by atoms with Crippen molar-refractivity contribution in [2.45, 2.75) is 45.6 Å². The molecule has 1 aromatic heterocycles. The van der Waals surface area contributed by atoms with E-state index in [9.17, 15) is 19.5 Å². The van der Waals surface area contributed by atoms with E-state index < -0.39 is 18.0 Å². The number of carbonyl (C=O) groups excluding carboxylic acids is 2. The van der Waals surface area contributed by atoms with E-state index in [0.29, 0.717) is 36.2 Å². The lowest BCUT2D eigenvalue weighted by molar-refractivity contribution is 0.0520. The Morgan fingerprint density at radius 3 is 2.31 bits per heavy atom. The van der Waals surface area contributed by atoms with Crippen LogP contribution in [0.3, 0.4) is 0 Å². The summed E-state index contributed by atoms with van der Waals surface area (Å²) in [5.74, 6) is -0.999. The zero-order chi connectivity index (χ0) is 23.6. The zero-order valence-electron chi connectivity index (χ0n) is 18.8. The third kappa shape index (κ3) is 4.74. The highest BCUT2D eigenvalue weighted by atomic mass is 16.5. The second-order valence-corrected chi connectivity index (χ2v) is 9.14. The van der Waals surface area contributed by atoms with Gasteiger partial charge in [-0.05, 0) is 42.5 Å². The van der Waals surface area contributed by atoms with Gasteiger partial charge in [0, 0.05) is 29.8 Å². The number of esters is 1. The summed E-state index contributed by atoms with van der Waals surface area (Å²) in [7, 11) is 1.31. The topological polar surface area (TPSA) is 123 Å². The minimum atomic E-state index is -0.910. The fourth-order valence-electron chi connectivity index (χ4n) is 4.29. The van der Waals surface area contributed by atoms with E-state index in [1.54, 1.807) is 36.4 Å². The molecule has 0 saturated carbocycles. The van der Waals surface area contributed by atoms with Crippen LogP contribution in [0.15, 0.2) is 36.4 Å². The number of primary amides is 1. The van der Waals surface area contributed by atoms with E-state index in [-0.39, 0.29) is 22.9 Å². The SMILES string of the molecule is COC(=O)c1ccc(-c2nc(C3CCN(C(=O)O)C(C(C)(C)C)C3)ccc2C(N)=O)cc1. The molecule has 3 N–H and O–H groups in total. The number of likely N-dealkylation sites (tertiary alicyclic amines) is 1. The lowest BCUT2D eigenvalue weighted by Gasteiger charge is -2.44. The highest BCUT2D eigenvalue weighted by Crippen LogP contribution is 2.39. The number of methoxy groups -OCH3 is 1. The zero-order valence-corrected chi connectivity index (χ0v) is 18.8. The van der Waals surface area contributed by atoms with Gasteiger partial charge in [-0.15, -0.1) is 0 Å². The van der Waals surface area contributed by atoms with Gasteiger partial charge in [0.1, 0.15) is 0 Å². The molecular formula is C24H29N3O5. The minimum Gasteiger partial charge on any atom is -0.465 e. The first-order chi connectivity index (χ1) is 15.0. The Bertz CT molecular complexity index is 1030. The smallest absolute Gasteiger partial charge is 0.407 e. The Balaban J connectivity index is 1.98. The summed E-state index contributed by atoms with van der Waals surface area (Å²) in [6.45, 7) is 6.53. The molecule has 8 nitrogen and oxygen atoms in total. The van der Waals surface area contributed by atoms with Crippen molar-refractivity contribution in [3.63, 3.8) is 0 Å². The van der Waals surface area contributed by atoms with Crippen LogP contribution in [0.2, 0.25) is 0 Å². The Kier molecular flexibility index (Phi) is 6.52. The number of pyridine rings is 1. The van der Waals surface area contributed by atoms with Gasteiger partial charge in [0.25, 0.3) is 5.91 Å². The number of hydrogen-bond donors (Lipinski definition) is 2. The van der Waals surface area contributed by atoms with Crippen LogP contribution in [-0.4, -0.2) is 52.7 Å². The largest absolute Gasteiger partial charge is 0.465 e. The summed E-state index contributed by atoms with van der Waals surface area (Å²) >= 11 is 0.